The van der Waals surface area contributed by atoms with E-state index in [1.807, 2.05) is 24.4 Å². The van der Waals surface area contributed by atoms with Crippen LogP contribution in [0.1, 0.15) is 26.8 Å². The molecule has 3 rings (SSSR count). The minimum absolute atomic E-state index is 0.0342. The number of hydrogen-bond acceptors (Lipinski definition) is 5. The molecule has 0 saturated carbocycles. The lowest BCUT2D eigenvalue weighted by Crippen LogP contribution is -2.12. The van der Waals surface area contributed by atoms with Crippen molar-refractivity contribution in [2.24, 2.45) is 0 Å². The molecule has 0 aliphatic carbocycles. The van der Waals surface area contributed by atoms with Gasteiger partial charge in [-0.05, 0) is 30.7 Å². The number of aromatic nitrogens is 1. The molecule has 0 aliphatic heterocycles. The van der Waals surface area contributed by atoms with Crippen molar-refractivity contribution in [2.75, 3.05) is 0 Å². The lowest BCUT2D eigenvalue weighted by Gasteiger charge is -2.03. The smallest absolute Gasteiger partial charge is 0.371 e. The number of nitrogens with zero attached hydrogens (tertiary/aromatic N) is 1. The SMILES string of the molecule is Cc1nc(CNCc2ccc3oc(C(=O)O)cc3c2)cs1. The first-order chi connectivity index (χ1) is 10.1. The number of fused-ring (bicyclic) bond motifs is 1. The van der Waals surface area contributed by atoms with E-state index in [-0.39, 0.29) is 5.76 Å². The van der Waals surface area contributed by atoms with Gasteiger partial charge in [-0.15, -0.1) is 11.3 Å². The zero-order valence-electron chi connectivity index (χ0n) is 11.4. The summed E-state index contributed by atoms with van der Waals surface area (Å²) in [4.78, 5) is 15.3. The Morgan fingerprint density at radius 3 is 2.95 bits per heavy atom. The Kier molecular flexibility index (Phi) is 3.72. The molecule has 0 bridgehead atoms. The molecule has 0 spiro atoms. The van der Waals surface area contributed by atoms with Crippen LogP contribution >= 0.6 is 11.3 Å². The highest BCUT2D eigenvalue weighted by Gasteiger charge is 2.10. The standard InChI is InChI=1S/C15H14N2O3S/c1-9-17-12(8-21-9)7-16-6-10-2-3-13-11(4-10)5-14(20-13)15(18)19/h2-5,8,16H,6-7H2,1H3,(H,18,19). The quantitative estimate of drug-likeness (QED) is 0.757. The third kappa shape index (κ3) is 3.12. The zero-order chi connectivity index (χ0) is 14.8. The number of carboxylic acid groups (broad SMARTS) is 1. The molecule has 0 fully saturated rings. The number of hydrogen-bond donors (Lipinski definition) is 2. The van der Waals surface area contributed by atoms with E-state index in [1.54, 1.807) is 23.5 Å². The van der Waals surface area contributed by atoms with Crippen LogP contribution in [0.25, 0.3) is 11.0 Å². The second kappa shape index (κ2) is 5.67. The van der Waals surface area contributed by atoms with Crippen LogP contribution in [0, 0.1) is 6.92 Å². The minimum Gasteiger partial charge on any atom is -0.475 e. The molecule has 6 heteroatoms. The van der Waals surface area contributed by atoms with Crippen molar-refractivity contribution in [3.8, 4) is 0 Å². The molecule has 2 N–H and O–H groups in total. The summed E-state index contributed by atoms with van der Waals surface area (Å²) < 4.78 is 5.23. The molecule has 1 aromatic carbocycles. The van der Waals surface area contributed by atoms with E-state index < -0.39 is 5.97 Å². The predicted molar refractivity (Wildman–Crippen MR) is 80.6 cm³/mol. The van der Waals surface area contributed by atoms with Crippen LogP contribution in [0.4, 0.5) is 0 Å². The van der Waals surface area contributed by atoms with Gasteiger partial charge in [-0.2, -0.15) is 0 Å². The summed E-state index contributed by atoms with van der Waals surface area (Å²) in [6.45, 7) is 3.40. The van der Waals surface area contributed by atoms with Gasteiger partial charge in [-0.25, -0.2) is 9.78 Å². The largest absolute Gasteiger partial charge is 0.475 e. The molecule has 0 radical (unpaired) electrons. The third-order valence-electron chi connectivity index (χ3n) is 3.09. The van der Waals surface area contributed by atoms with Crippen molar-refractivity contribution in [2.45, 2.75) is 20.0 Å². The number of aryl methyl sites for hydroxylation is 1. The van der Waals surface area contributed by atoms with Gasteiger partial charge in [0.1, 0.15) is 5.58 Å². The van der Waals surface area contributed by atoms with Crippen molar-refractivity contribution in [3.05, 3.63) is 51.7 Å². The lowest BCUT2D eigenvalue weighted by atomic mass is 10.1. The van der Waals surface area contributed by atoms with E-state index in [4.69, 9.17) is 9.52 Å². The van der Waals surface area contributed by atoms with Crippen LogP contribution in [0.3, 0.4) is 0 Å². The molecule has 0 unspecified atom stereocenters. The summed E-state index contributed by atoms with van der Waals surface area (Å²) in [6.07, 6.45) is 0. The van der Waals surface area contributed by atoms with E-state index >= 15 is 0 Å². The lowest BCUT2D eigenvalue weighted by molar-refractivity contribution is 0.0665. The Bertz CT molecular complexity index is 791. The molecule has 2 heterocycles. The summed E-state index contributed by atoms with van der Waals surface area (Å²) in [5, 5.41) is 16.1. The maximum Gasteiger partial charge on any atom is 0.371 e. The third-order valence-corrected chi connectivity index (χ3v) is 3.92. The molecule has 21 heavy (non-hydrogen) atoms. The number of aromatic carboxylic acids is 1. The fourth-order valence-corrected chi connectivity index (χ4v) is 2.75. The second-order valence-electron chi connectivity index (χ2n) is 4.75. The Hall–Kier alpha value is -2.18. The average Bonchev–Trinajstić information content (AvgIpc) is 3.04. The number of rotatable bonds is 5. The molecule has 108 valence electrons. The van der Waals surface area contributed by atoms with E-state index in [2.05, 4.69) is 10.3 Å². The molecule has 0 saturated heterocycles. The van der Waals surface area contributed by atoms with Gasteiger partial charge < -0.3 is 14.8 Å². The molecular formula is C15H14N2O3S. The summed E-state index contributed by atoms with van der Waals surface area (Å²) in [5.41, 5.74) is 2.70. The fourth-order valence-electron chi connectivity index (χ4n) is 2.13. The minimum atomic E-state index is -1.05. The van der Waals surface area contributed by atoms with Crippen LogP contribution in [0.2, 0.25) is 0 Å². The topological polar surface area (TPSA) is 75.4 Å². The maximum atomic E-state index is 10.9. The summed E-state index contributed by atoms with van der Waals surface area (Å²) in [5.74, 6) is -1.09. The number of carbonyl (C=O) groups is 1. The molecule has 0 amide bonds. The van der Waals surface area contributed by atoms with Gasteiger partial charge >= 0.3 is 5.97 Å². The number of nitrogens with one attached hydrogen (secondary N) is 1. The molecule has 0 aliphatic rings. The number of furan rings is 1. The number of benzene rings is 1. The Labute approximate surface area is 125 Å². The number of thiazole rings is 1. The van der Waals surface area contributed by atoms with Gasteiger partial charge in [0, 0.05) is 23.9 Å². The maximum absolute atomic E-state index is 10.9. The number of carboxylic acids is 1. The predicted octanol–water partition coefficient (Wildman–Crippen LogP) is 3.19. The Morgan fingerprint density at radius 1 is 1.38 bits per heavy atom. The van der Waals surface area contributed by atoms with Crippen LogP contribution in [0.15, 0.2) is 34.1 Å². The highest BCUT2D eigenvalue weighted by molar-refractivity contribution is 7.09. The van der Waals surface area contributed by atoms with Crippen LogP contribution in [-0.2, 0) is 13.1 Å². The highest BCUT2D eigenvalue weighted by Crippen LogP contribution is 2.21. The van der Waals surface area contributed by atoms with E-state index in [0.717, 1.165) is 21.7 Å². The van der Waals surface area contributed by atoms with Gasteiger partial charge in [-0.3, -0.25) is 0 Å². The van der Waals surface area contributed by atoms with E-state index in [0.29, 0.717) is 18.7 Å². The summed E-state index contributed by atoms with van der Waals surface area (Å²) in [6, 6.07) is 7.21. The Morgan fingerprint density at radius 2 is 2.24 bits per heavy atom. The van der Waals surface area contributed by atoms with Crippen LogP contribution in [-0.4, -0.2) is 16.1 Å². The zero-order valence-corrected chi connectivity index (χ0v) is 12.2. The molecule has 2 aromatic heterocycles. The van der Waals surface area contributed by atoms with Gasteiger partial charge in [0.2, 0.25) is 5.76 Å². The van der Waals surface area contributed by atoms with E-state index in [1.165, 1.54) is 0 Å². The first-order valence-electron chi connectivity index (χ1n) is 6.49. The molecule has 3 aromatic rings. The Balaban J connectivity index is 1.68. The van der Waals surface area contributed by atoms with Crippen molar-refractivity contribution < 1.29 is 14.3 Å². The van der Waals surface area contributed by atoms with Crippen LogP contribution < -0.4 is 5.32 Å². The van der Waals surface area contributed by atoms with Gasteiger partial charge in [0.25, 0.3) is 0 Å². The summed E-state index contributed by atoms with van der Waals surface area (Å²) in [7, 11) is 0. The van der Waals surface area contributed by atoms with Crippen molar-refractivity contribution in [3.63, 3.8) is 0 Å². The van der Waals surface area contributed by atoms with Crippen molar-refractivity contribution in [1.82, 2.24) is 10.3 Å². The van der Waals surface area contributed by atoms with Gasteiger partial charge in [0.05, 0.1) is 10.7 Å². The van der Waals surface area contributed by atoms with Crippen molar-refractivity contribution >= 4 is 28.3 Å². The highest BCUT2D eigenvalue weighted by atomic mass is 32.1. The first kappa shape index (κ1) is 13.8. The van der Waals surface area contributed by atoms with Gasteiger partial charge in [0.15, 0.2) is 0 Å². The monoisotopic (exact) mass is 302 g/mol. The molecule has 0 atom stereocenters. The van der Waals surface area contributed by atoms with Gasteiger partial charge in [-0.1, -0.05) is 6.07 Å². The fraction of sp³-hybridized carbons (Fsp3) is 0.200. The normalized spacial score (nSPS) is 11.1. The summed E-state index contributed by atoms with van der Waals surface area (Å²) >= 11 is 1.64. The van der Waals surface area contributed by atoms with Crippen molar-refractivity contribution in [1.29, 1.82) is 0 Å². The average molecular weight is 302 g/mol. The molecule has 5 nitrogen and oxygen atoms in total. The first-order valence-corrected chi connectivity index (χ1v) is 7.37. The van der Waals surface area contributed by atoms with Crippen LogP contribution in [0.5, 0.6) is 0 Å². The molecular weight excluding hydrogens is 288 g/mol. The van der Waals surface area contributed by atoms with E-state index in [9.17, 15) is 4.79 Å². The second-order valence-corrected chi connectivity index (χ2v) is 5.81.